The number of aromatic carboxylic acids is 1. The van der Waals surface area contributed by atoms with Gasteiger partial charge in [0, 0.05) is 19.2 Å². The maximum absolute atomic E-state index is 11.4. The van der Waals surface area contributed by atoms with Crippen LogP contribution in [-0.2, 0) is 13.0 Å². The molecule has 1 aromatic heterocycles. The van der Waals surface area contributed by atoms with Crippen molar-refractivity contribution >= 4 is 23.3 Å². The van der Waals surface area contributed by atoms with E-state index in [0.717, 1.165) is 25.3 Å². The fourth-order valence-corrected chi connectivity index (χ4v) is 3.20. The Morgan fingerprint density at radius 1 is 1.04 bits per heavy atom. The molecule has 4 rings (SSSR count). The van der Waals surface area contributed by atoms with Gasteiger partial charge >= 0.3 is 5.97 Å². The van der Waals surface area contributed by atoms with Crippen LogP contribution in [0.25, 0.3) is 0 Å². The molecule has 26 heavy (non-hydrogen) atoms. The summed E-state index contributed by atoms with van der Waals surface area (Å²) in [5, 5.41) is 12.4. The molecule has 1 aliphatic heterocycles. The molecule has 2 N–H and O–H groups in total. The Morgan fingerprint density at radius 2 is 1.81 bits per heavy atom. The van der Waals surface area contributed by atoms with Crippen molar-refractivity contribution in [1.82, 2.24) is 9.97 Å². The lowest BCUT2D eigenvalue weighted by molar-refractivity contribution is 0.0698. The molecule has 0 atom stereocenters. The largest absolute Gasteiger partial charge is 0.478 e. The highest BCUT2D eigenvalue weighted by molar-refractivity contribution is 5.95. The van der Waals surface area contributed by atoms with Crippen molar-refractivity contribution in [2.24, 2.45) is 0 Å². The molecule has 0 amide bonds. The van der Waals surface area contributed by atoms with Crippen molar-refractivity contribution in [3.63, 3.8) is 0 Å². The summed E-state index contributed by atoms with van der Waals surface area (Å²) in [5.74, 6) is 0.419. The first kappa shape index (κ1) is 16.1. The summed E-state index contributed by atoms with van der Waals surface area (Å²) in [4.78, 5) is 22.2. The second-order valence-electron chi connectivity index (χ2n) is 6.18. The minimum absolute atomic E-state index is 0.208. The number of nitrogens with zero attached hydrogens (tertiary/aromatic N) is 3. The van der Waals surface area contributed by atoms with Gasteiger partial charge < -0.3 is 15.3 Å². The van der Waals surface area contributed by atoms with E-state index < -0.39 is 5.97 Å². The lowest BCUT2D eigenvalue weighted by Crippen LogP contribution is -2.31. The number of nitrogens with one attached hydrogen (secondary N) is 1. The molecule has 0 aliphatic carbocycles. The molecule has 0 bridgehead atoms. The van der Waals surface area contributed by atoms with Gasteiger partial charge in [-0.25, -0.2) is 14.8 Å². The summed E-state index contributed by atoms with van der Waals surface area (Å²) < 4.78 is 0. The van der Waals surface area contributed by atoms with Gasteiger partial charge in [-0.2, -0.15) is 0 Å². The van der Waals surface area contributed by atoms with Gasteiger partial charge in [-0.3, -0.25) is 0 Å². The number of fused-ring (bicyclic) bond motifs is 1. The Balaban J connectivity index is 1.58. The molecule has 2 aromatic carbocycles. The molecule has 0 fully saturated rings. The average Bonchev–Trinajstić information content (AvgIpc) is 2.68. The van der Waals surface area contributed by atoms with Gasteiger partial charge in [-0.1, -0.05) is 36.4 Å². The molecular formula is C20H18N4O2. The lowest BCUT2D eigenvalue weighted by Gasteiger charge is -2.29. The van der Waals surface area contributed by atoms with Crippen molar-refractivity contribution in [2.45, 2.75) is 13.0 Å². The summed E-state index contributed by atoms with van der Waals surface area (Å²) in [6.45, 7) is 1.69. The molecule has 0 unspecified atom stereocenters. The maximum atomic E-state index is 11.4. The van der Waals surface area contributed by atoms with Gasteiger partial charge in [-0.15, -0.1) is 0 Å². The average molecular weight is 346 g/mol. The Kier molecular flexibility index (Phi) is 4.23. The van der Waals surface area contributed by atoms with Gasteiger partial charge in [0.15, 0.2) is 0 Å². The van der Waals surface area contributed by atoms with Crippen LogP contribution in [0.5, 0.6) is 0 Å². The van der Waals surface area contributed by atoms with E-state index >= 15 is 0 Å². The van der Waals surface area contributed by atoms with Crippen molar-refractivity contribution < 1.29 is 9.90 Å². The number of rotatable bonds is 4. The van der Waals surface area contributed by atoms with E-state index in [9.17, 15) is 9.90 Å². The van der Waals surface area contributed by atoms with Crippen LogP contribution < -0.4 is 10.2 Å². The van der Waals surface area contributed by atoms with Crippen LogP contribution >= 0.6 is 0 Å². The number of hydrogen-bond acceptors (Lipinski definition) is 5. The molecule has 3 aromatic rings. The molecule has 130 valence electrons. The molecule has 2 heterocycles. The van der Waals surface area contributed by atoms with E-state index in [1.165, 1.54) is 17.5 Å². The van der Waals surface area contributed by atoms with Crippen molar-refractivity contribution in [3.8, 4) is 0 Å². The van der Waals surface area contributed by atoms with Gasteiger partial charge in [-0.05, 0) is 29.7 Å². The van der Waals surface area contributed by atoms with E-state index in [4.69, 9.17) is 0 Å². The van der Waals surface area contributed by atoms with E-state index in [1.54, 1.807) is 24.3 Å². The Hall–Kier alpha value is -3.41. The van der Waals surface area contributed by atoms with E-state index in [1.807, 2.05) is 6.07 Å². The fourth-order valence-electron chi connectivity index (χ4n) is 3.20. The SMILES string of the molecule is O=C(O)c1ccccc1Nc1cc(N2CCc3ccccc3C2)ncn1. The Morgan fingerprint density at radius 3 is 2.65 bits per heavy atom. The second-order valence-corrected chi connectivity index (χ2v) is 6.18. The van der Waals surface area contributed by atoms with Crippen molar-refractivity contribution in [2.75, 3.05) is 16.8 Å². The third kappa shape index (κ3) is 3.21. The topological polar surface area (TPSA) is 78.4 Å². The van der Waals surface area contributed by atoms with Crippen LogP contribution in [0.1, 0.15) is 21.5 Å². The van der Waals surface area contributed by atoms with Crippen molar-refractivity contribution in [1.29, 1.82) is 0 Å². The van der Waals surface area contributed by atoms with Gasteiger partial charge in [0.25, 0.3) is 0 Å². The summed E-state index contributed by atoms with van der Waals surface area (Å²) in [7, 11) is 0. The number of carboxylic acid groups (broad SMARTS) is 1. The molecule has 0 spiro atoms. The monoisotopic (exact) mass is 346 g/mol. The first-order valence-corrected chi connectivity index (χ1v) is 8.44. The summed E-state index contributed by atoms with van der Waals surface area (Å²) in [6, 6.07) is 17.1. The number of hydrogen-bond donors (Lipinski definition) is 2. The van der Waals surface area contributed by atoms with Crippen LogP contribution in [0.3, 0.4) is 0 Å². The standard InChI is InChI=1S/C20H18N4O2/c25-20(26)16-7-3-4-8-17(16)23-18-11-19(22-13-21-18)24-10-9-14-5-1-2-6-15(14)12-24/h1-8,11,13H,9-10,12H2,(H,25,26)(H,21,22,23). The van der Waals surface area contributed by atoms with E-state index in [0.29, 0.717) is 11.5 Å². The molecule has 0 radical (unpaired) electrons. The zero-order valence-electron chi connectivity index (χ0n) is 14.1. The smallest absolute Gasteiger partial charge is 0.337 e. The highest BCUT2D eigenvalue weighted by atomic mass is 16.4. The second kappa shape index (κ2) is 6.84. The normalized spacial score (nSPS) is 13.2. The number of carboxylic acids is 1. The Bertz CT molecular complexity index is 958. The first-order chi connectivity index (χ1) is 12.7. The maximum Gasteiger partial charge on any atom is 0.337 e. The van der Waals surface area contributed by atoms with Crippen LogP contribution in [0.4, 0.5) is 17.3 Å². The lowest BCUT2D eigenvalue weighted by atomic mass is 10.00. The quantitative estimate of drug-likeness (QED) is 0.753. The molecule has 6 heteroatoms. The minimum Gasteiger partial charge on any atom is -0.478 e. The van der Waals surface area contributed by atoms with Crippen LogP contribution in [0.15, 0.2) is 60.9 Å². The third-order valence-electron chi connectivity index (χ3n) is 4.53. The number of anilines is 3. The Labute approximate surface area is 151 Å². The third-order valence-corrected chi connectivity index (χ3v) is 4.53. The molecule has 1 aliphatic rings. The number of aromatic nitrogens is 2. The fraction of sp³-hybridized carbons (Fsp3) is 0.150. The highest BCUT2D eigenvalue weighted by Crippen LogP contribution is 2.25. The molecule has 0 saturated carbocycles. The predicted molar refractivity (Wildman–Crippen MR) is 99.9 cm³/mol. The van der Waals surface area contributed by atoms with Gasteiger partial charge in [0.2, 0.25) is 0 Å². The summed E-state index contributed by atoms with van der Waals surface area (Å²) in [5.41, 5.74) is 3.41. The first-order valence-electron chi connectivity index (χ1n) is 8.44. The minimum atomic E-state index is -0.977. The highest BCUT2D eigenvalue weighted by Gasteiger charge is 2.18. The van der Waals surface area contributed by atoms with Crippen LogP contribution in [0.2, 0.25) is 0 Å². The molecule has 6 nitrogen and oxygen atoms in total. The van der Waals surface area contributed by atoms with Gasteiger partial charge in [0.1, 0.15) is 18.0 Å². The van der Waals surface area contributed by atoms with Crippen LogP contribution in [0, 0.1) is 0 Å². The number of carbonyl (C=O) groups is 1. The number of benzene rings is 2. The van der Waals surface area contributed by atoms with E-state index in [-0.39, 0.29) is 5.56 Å². The predicted octanol–water partition coefficient (Wildman–Crippen LogP) is 3.48. The van der Waals surface area contributed by atoms with Crippen molar-refractivity contribution in [3.05, 3.63) is 77.6 Å². The molecule has 0 saturated heterocycles. The zero-order valence-corrected chi connectivity index (χ0v) is 14.1. The zero-order chi connectivity index (χ0) is 17.9. The van der Waals surface area contributed by atoms with E-state index in [2.05, 4.69) is 44.5 Å². The van der Waals surface area contributed by atoms with Crippen LogP contribution in [-0.4, -0.2) is 27.6 Å². The summed E-state index contributed by atoms with van der Waals surface area (Å²) >= 11 is 0. The summed E-state index contributed by atoms with van der Waals surface area (Å²) in [6.07, 6.45) is 2.48. The molecular weight excluding hydrogens is 328 g/mol. The van der Waals surface area contributed by atoms with Gasteiger partial charge in [0.05, 0.1) is 11.3 Å². The number of para-hydroxylation sites is 1.